The van der Waals surface area contributed by atoms with Crippen molar-refractivity contribution in [1.29, 1.82) is 0 Å². The Morgan fingerprint density at radius 2 is 1.85 bits per heavy atom. The molecule has 0 saturated carbocycles. The van der Waals surface area contributed by atoms with Crippen molar-refractivity contribution in [2.75, 3.05) is 6.54 Å². The Morgan fingerprint density at radius 1 is 1.26 bits per heavy atom. The lowest BCUT2D eigenvalue weighted by Crippen LogP contribution is -2.62. The summed E-state index contributed by atoms with van der Waals surface area (Å²) in [7, 11) is 0. The molecule has 1 aromatic carbocycles. The summed E-state index contributed by atoms with van der Waals surface area (Å²) in [6.45, 7) is 13.1. The topological polar surface area (TPSA) is 75.5 Å². The van der Waals surface area contributed by atoms with Gasteiger partial charge in [0.15, 0.2) is 0 Å². The van der Waals surface area contributed by atoms with E-state index < -0.39 is 4.92 Å². The Balaban J connectivity index is 2.37. The number of unbranched alkanes of at least 4 members (excludes halogenated alkanes) is 1. The van der Waals surface area contributed by atoms with E-state index in [-0.39, 0.29) is 28.7 Å². The van der Waals surface area contributed by atoms with Gasteiger partial charge in [-0.3, -0.25) is 14.9 Å². The van der Waals surface area contributed by atoms with Crippen LogP contribution in [0.15, 0.2) is 18.2 Å². The fourth-order valence-corrected chi connectivity index (χ4v) is 4.37. The van der Waals surface area contributed by atoms with E-state index in [4.69, 9.17) is 0 Å². The Bertz CT molecular complexity index is 697. The van der Waals surface area contributed by atoms with Crippen LogP contribution in [0.25, 0.3) is 0 Å². The maximum absolute atomic E-state index is 13.3. The second kappa shape index (κ2) is 7.97. The van der Waals surface area contributed by atoms with Crippen LogP contribution in [0.4, 0.5) is 5.69 Å². The summed E-state index contributed by atoms with van der Waals surface area (Å²) < 4.78 is 0. The van der Waals surface area contributed by atoms with Crippen LogP contribution in [-0.4, -0.2) is 39.4 Å². The summed E-state index contributed by atoms with van der Waals surface area (Å²) >= 11 is 0. The highest BCUT2D eigenvalue weighted by molar-refractivity contribution is 5.95. The van der Waals surface area contributed by atoms with Crippen LogP contribution in [0, 0.1) is 17.0 Å². The summed E-state index contributed by atoms with van der Waals surface area (Å²) in [6, 6.07) is 4.91. The van der Waals surface area contributed by atoms with Crippen molar-refractivity contribution in [2.45, 2.75) is 84.3 Å². The fourth-order valence-electron chi connectivity index (χ4n) is 4.37. The number of hydrogen-bond donors (Lipinski definition) is 1. The van der Waals surface area contributed by atoms with Crippen molar-refractivity contribution in [3.05, 3.63) is 39.4 Å². The monoisotopic (exact) mass is 375 g/mol. The van der Waals surface area contributed by atoms with Gasteiger partial charge in [0.05, 0.1) is 4.92 Å². The second-order valence-electron chi connectivity index (χ2n) is 9.07. The van der Waals surface area contributed by atoms with E-state index in [9.17, 15) is 14.9 Å². The number of carbonyl (C=O) groups excluding carboxylic acids is 1. The number of rotatable bonds is 6. The summed E-state index contributed by atoms with van der Waals surface area (Å²) in [5.74, 6) is -0.106. The van der Waals surface area contributed by atoms with Gasteiger partial charge in [0.2, 0.25) is 0 Å². The number of hydrogen-bond acceptors (Lipinski definition) is 4. The average Bonchev–Trinajstić information content (AvgIpc) is 2.52. The van der Waals surface area contributed by atoms with E-state index in [0.717, 1.165) is 25.7 Å². The zero-order valence-corrected chi connectivity index (χ0v) is 17.5. The van der Waals surface area contributed by atoms with Crippen LogP contribution in [0.3, 0.4) is 0 Å². The van der Waals surface area contributed by atoms with Crippen molar-refractivity contribution in [2.24, 2.45) is 0 Å². The zero-order valence-electron chi connectivity index (χ0n) is 17.5. The largest absolute Gasteiger partial charge is 0.336 e. The third kappa shape index (κ3) is 5.28. The number of aryl methyl sites for hydroxylation is 1. The molecular formula is C21H33N3O3. The van der Waals surface area contributed by atoms with Crippen LogP contribution < -0.4 is 5.32 Å². The van der Waals surface area contributed by atoms with Gasteiger partial charge in [0.1, 0.15) is 0 Å². The van der Waals surface area contributed by atoms with Gasteiger partial charge in [-0.2, -0.15) is 0 Å². The molecule has 1 aliphatic heterocycles. The first-order chi connectivity index (χ1) is 12.5. The minimum Gasteiger partial charge on any atom is -0.336 e. The van der Waals surface area contributed by atoms with E-state index in [2.05, 4.69) is 39.9 Å². The first-order valence-electron chi connectivity index (χ1n) is 9.81. The van der Waals surface area contributed by atoms with Gasteiger partial charge in [0.25, 0.3) is 11.6 Å². The minimum atomic E-state index is -0.417. The fraction of sp³-hybridized carbons (Fsp3) is 0.667. The van der Waals surface area contributed by atoms with E-state index in [0.29, 0.717) is 17.7 Å². The molecule has 1 amide bonds. The van der Waals surface area contributed by atoms with Gasteiger partial charge in [-0.05, 0) is 59.9 Å². The summed E-state index contributed by atoms with van der Waals surface area (Å²) in [5.41, 5.74) is 0.827. The highest BCUT2D eigenvalue weighted by Crippen LogP contribution is 2.33. The SMILES string of the molecule is CCCCN(C(=O)c1ccc(C)c([N+](=O)[O-])c1)C1CC(C)(C)NC(C)(C)C1. The van der Waals surface area contributed by atoms with Crippen molar-refractivity contribution in [1.82, 2.24) is 10.2 Å². The van der Waals surface area contributed by atoms with Gasteiger partial charge in [-0.25, -0.2) is 0 Å². The van der Waals surface area contributed by atoms with Crippen LogP contribution in [-0.2, 0) is 0 Å². The minimum absolute atomic E-state index is 0.00209. The number of nitrogens with one attached hydrogen (secondary N) is 1. The summed E-state index contributed by atoms with van der Waals surface area (Å²) in [6.07, 6.45) is 3.64. The van der Waals surface area contributed by atoms with Crippen molar-refractivity contribution >= 4 is 11.6 Å². The highest BCUT2D eigenvalue weighted by atomic mass is 16.6. The second-order valence-corrected chi connectivity index (χ2v) is 9.07. The number of amides is 1. The lowest BCUT2D eigenvalue weighted by Gasteiger charge is -2.49. The van der Waals surface area contributed by atoms with Crippen molar-refractivity contribution in [3.8, 4) is 0 Å². The van der Waals surface area contributed by atoms with Crippen molar-refractivity contribution < 1.29 is 9.72 Å². The van der Waals surface area contributed by atoms with Gasteiger partial charge in [-0.1, -0.05) is 19.4 Å². The molecule has 6 heteroatoms. The predicted octanol–water partition coefficient (Wildman–Crippen LogP) is 4.45. The molecule has 1 aliphatic rings. The number of piperidine rings is 1. The van der Waals surface area contributed by atoms with Crippen LogP contribution in [0.2, 0.25) is 0 Å². The Labute approximate surface area is 162 Å². The standard InChI is InChI=1S/C21H33N3O3/c1-7-8-11-23(17-13-20(3,4)22-21(5,6)14-17)19(25)16-10-9-15(2)18(12-16)24(26)27/h9-10,12,17,22H,7-8,11,13-14H2,1-6H3. The molecule has 0 aliphatic carbocycles. The zero-order chi connectivity index (χ0) is 20.4. The quantitative estimate of drug-likeness (QED) is 0.588. The van der Waals surface area contributed by atoms with E-state index in [1.807, 2.05) is 4.90 Å². The first kappa shape index (κ1) is 21.4. The lowest BCUT2D eigenvalue weighted by atomic mass is 9.78. The number of carbonyl (C=O) groups is 1. The smallest absolute Gasteiger partial charge is 0.273 e. The number of nitro benzene ring substituents is 1. The molecule has 0 aromatic heterocycles. The Kier molecular flexibility index (Phi) is 6.30. The normalized spacial score (nSPS) is 18.9. The van der Waals surface area contributed by atoms with Crippen LogP contribution in [0.5, 0.6) is 0 Å². The van der Waals surface area contributed by atoms with E-state index in [1.54, 1.807) is 19.1 Å². The molecular weight excluding hydrogens is 342 g/mol. The molecule has 1 saturated heterocycles. The Hall–Kier alpha value is -1.95. The van der Waals surface area contributed by atoms with E-state index >= 15 is 0 Å². The highest BCUT2D eigenvalue weighted by Gasteiger charge is 2.41. The maximum atomic E-state index is 13.3. The van der Waals surface area contributed by atoms with Gasteiger partial charge < -0.3 is 10.2 Å². The third-order valence-electron chi connectivity index (χ3n) is 5.28. The van der Waals surface area contributed by atoms with E-state index in [1.165, 1.54) is 6.07 Å². The molecule has 0 atom stereocenters. The lowest BCUT2D eigenvalue weighted by molar-refractivity contribution is -0.385. The molecule has 27 heavy (non-hydrogen) atoms. The molecule has 150 valence electrons. The Morgan fingerprint density at radius 3 is 2.37 bits per heavy atom. The molecule has 1 heterocycles. The first-order valence-corrected chi connectivity index (χ1v) is 9.81. The third-order valence-corrected chi connectivity index (χ3v) is 5.28. The van der Waals surface area contributed by atoms with Crippen LogP contribution >= 0.6 is 0 Å². The number of benzene rings is 1. The van der Waals surface area contributed by atoms with Crippen LogP contribution in [0.1, 0.15) is 76.2 Å². The molecule has 0 spiro atoms. The molecule has 2 rings (SSSR count). The molecule has 1 aromatic rings. The van der Waals surface area contributed by atoms with Gasteiger partial charge in [-0.15, -0.1) is 0 Å². The molecule has 1 N–H and O–H groups in total. The molecule has 1 fully saturated rings. The predicted molar refractivity (Wildman–Crippen MR) is 108 cm³/mol. The van der Waals surface area contributed by atoms with Gasteiger partial charge >= 0.3 is 0 Å². The summed E-state index contributed by atoms with van der Waals surface area (Å²) in [5, 5.41) is 14.9. The molecule has 0 unspecified atom stereocenters. The molecule has 6 nitrogen and oxygen atoms in total. The maximum Gasteiger partial charge on any atom is 0.273 e. The summed E-state index contributed by atoms with van der Waals surface area (Å²) in [4.78, 5) is 26.2. The number of nitro groups is 1. The van der Waals surface area contributed by atoms with Gasteiger partial charge in [0, 0.05) is 40.9 Å². The number of nitrogens with zero attached hydrogens (tertiary/aromatic N) is 2. The molecule has 0 bridgehead atoms. The molecule has 0 radical (unpaired) electrons. The average molecular weight is 376 g/mol. The van der Waals surface area contributed by atoms with Crippen molar-refractivity contribution in [3.63, 3.8) is 0 Å².